The van der Waals surface area contributed by atoms with E-state index in [9.17, 15) is 0 Å². The van der Waals surface area contributed by atoms with Gasteiger partial charge in [-0.25, -0.2) is 0 Å². The number of pyridine rings is 1. The van der Waals surface area contributed by atoms with Crippen molar-refractivity contribution in [2.24, 2.45) is 5.73 Å². The SMILES string of the molecule is Cc1cccc(C(C)(C)C2(N)CC2)n1. The zero-order chi connectivity index (χ0) is 10.4. The minimum atomic E-state index is -0.0200. The second kappa shape index (κ2) is 2.80. The lowest BCUT2D eigenvalue weighted by Gasteiger charge is -2.31. The van der Waals surface area contributed by atoms with Crippen LogP contribution in [0.15, 0.2) is 18.2 Å². The lowest BCUT2D eigenvalue weighted by Crippen LogP contribution is -2.43. The highest BCUT2D eigenvalue weighted by atomic mass is 14.9. The van der Waals surface area contributed by atoms with E-state index < -0.39 is 0 Å². The van der Waals surface area contributed by atoms with E-state index in [0.29, 0.717) is 0 Å². The van der Waals surface area contributed by atoms with Gasteiger partial charge in [0.1, 0.15) is 0 Å². The Kier molecular flexibility index (Phi) is 1.93. The zero-order valence-corrected chi connectivity index (χ0v) is 9.17. The van der Waals surface area contributed by atoms with Crippen molar-refractivity contribution in [2.75, 3.05) is 0 Å². The number of rotatable bonds is 2. The van der Waals surface area contributed by atoms with Crippen molar-refractivity contribution < 1.29 is 0 Å². The summed E-state index contributed by atoms with van der Waals surface area (Å²) in [7, 11) is 0. The van der Waals surface area contributed by atoms with Crippen molar-refractivity contribution in [1.29, 1.82) is 0 Å². The summed E-state index contributed by atoms with van der Waals surface area (Å²) in [5.74, 6) is 0. The summed E-state index contributed by atoms with van der Waals surface area (Å²) in [5, 5.41) is 0. The lowest BCUT2D eigenvalue weighted by molar-refractivity contribution is 0.380. The van der Waals surface area contributed by atoms with Gasteiger partial charge in [0.2, 0.25) is 0 Å². The first kappa shape index (κ1) is 9.66. The summed E-state index contributed by atoms with van der Waals surface area (Å²) in [6, 6.07) is 6.17. The fourth-order valence-corrected chi connectivity index (χ4v) is 1.91. The highest BCUT2D eigenvalue weighted by Gasteiger charge is 2.52. The third-order valence-corrected chi connectivity index (χ3v) is 3.56. The minimum absolute atomic E-state index is 0.000972. The summed E-state index contributed by atoms with van der Waals surface area (Å²) >= 11 is 0. The third kappa shape index (κ3) is 1.34. The molecule has 1 fully saturated rings. The van der Waals surface area contributed by atoms with Gasteiger partial charge in [0.25, 0.3) is 0 Å². The summed E-state index contributed by atoms with van der Waals surface area (Å²) in [6.07, 6.45) is 2.24. The highest BCUT2D eigenvalue weighted by Crippen LogP contribution is 2.48. The molecule has 76 valence electrons. The van der Waals surface area contributed by atoms with Crippen molar-refractivity contribution in [2.45, 2.75) is 44.6 Å². The molecule has 0 radical (unpaired) electrons. The van der Waals surface area contributed by atoms with E-state index in [-0.39, 0.29) is 11.0 Å². The van der Waals surface area contributed by atoms with Gasteiger partial charge in [0, 0.05) is 22.3 Å². The van der Waals surface area contributed by atoms with Crippen molar-refractivity contribution >= 4 is 0 Å². The number of hydrogen-bond donors (Lipinski definition) is 1. The fraction of sp³-hybridized carbons (Fsp3) is 0.583. The van der Waals surface area contributed by atoms with E-state index in [4.69, 9.17) is 5.73 Å². The van der Waals surface area contributed by atoms with E-state index in [1.54, 1.807) is 0 Å². The lowest BCUT2D eigenvalue weighted by atomic mass is 9.79. The number of hydrogen-bond acceptors (Lipinski definition) is 2. The second-order valence-electron chi connectivity index (χ2n) is 4.95. The van der Waals surface area contributed by atoms with Crippen molar-refractivity contribution in [3.8, 4) is 0 Å². The average molecular weight is 190 g/mol. The largest absolute Gasteiger partial charge is 0.324 e. The topological polar surface area (TPSA) is 38.9 Å². The van der Waals surface area contributed by atoms with Crippen molar-refractivity contribution in [3.63, 3.8) is 0 Å². The van der Waals surface area contributed by atoms with Crippen LogP contribution in [0.5, 0.6) is 0 Å². The maximum atomic E-state index is 6.27. The molecule has 1 saturated carbocycles. The Hall–Kier alpha value is -0.890. The second-order valence-corrected chi connectivity index (χ2v) is 4.95. The Bertz CT molecular complexity index is 351. The van der Waals surface area contributed by atoms with Crippen LogP contribution in [0.1, 0.15) is 38.1 Å². The molecule has 0 aromatic carbocycles. The molecule has 1 aliphatic rings. The van der Waals surface area contributed by atoms with Gasteiger partial charge < -0.3 is 5.73 Å². The first-order valence-electron chi connectivity index (χ1n) is 5.19. The quantitative estimate of drug-likeness (QED) is 0.776. The van der Waals surface area contributed by atoms with Crippen LogP contribution < -0.4 is 5.73 Å². The fourth-order valence-electron chi connectivity index (χ4n) is 1.91. The number of aryl methyl sites for hydroxylation is 1. The van der Waals surface area contributed by atoms with Crippen molar-refractivity contribution in [3.05, 3.63) is 29.6 Å². The number of nitrogens with two attached hydrogens (primary N) is 1. The van der Waals surface area contributed by atoms with E-state index in [1.807, 2.05) is 13.0 Å². The normalized spacial score (nSPS) is 19.4. The van der Waals surface area contributed by atoms with Gasteiger partial charge in [-0.05, 0) is 31.9 Å². The molecule has 1 heterocycles. The predicted molar refractivity (Wildman–Crippen MR) is 58.2 cm³/mol. The zero-order valence-electron chi connectivity index (χ0n) is 9.17. The Balaban J connectivity index is 2.38. The van der Waals surface area contributed by atoms with E-state index >= 15 is 0 Å². The van der Waals surface area contributed by atoms with Crippen LogP contribution in [0.25, 0.3) is 0 Å². The van der Waals surface area contributed by atoms with Crippen LogP contribution in [0, 0.1) is 6.92 Å². The molecule has 1 aromatic heterocycles. The van der Waals surface area contributed by atoms with Gasteiger partial charge in [-0.2, -0.15) is 0 Å². The van der Waals surface area contributed by atoms with Gasteiger partial charge >= 0.3 is 0 Å². The monoisotopic (exact) mass is 190 g/mol. The third-order valence-electron chi connectivity index (χ3n) is 3.56. The Morgan fingerprint density at radius 1 is 1.36 bits per heavy atom. The number of nitrogens with zero attached hydrogens (tertiary/aromatic N) is 1. The van der Waals surface area contributed by atoms with Gasteiger partial charge in [-0.3, -0.25) is 4.98 Å². The van der Waals surface area contributed by atoms with Gasteiger partial charge in [-0.1, -0.05) is 19.9 Å². The first-order valence-corrected chi connectivity index (χ1v) is 5.19. The molecule has 2 nitrogen and oxygen atoms in total. The van der Waals surface area contributed by atoms with Gasteiger partial charge in [0.05, 0.1) is 0 Å². The molecule has 0 aliphatic heterocycles. The Morgan fingerprint density at radius 3 is 2.50 bits per heavy atom. The molecule has 1 aromatic rings. The van der Waals surface area contributed by atoms with E-state index in [1.165, 1.54) is 0 Å². The summed E-state index contributed by atoms with van der Waals surface area (Å²) in [4.78, 5) is 4.57. The molecule has 2 heteroatoms. The molecule has 0 spiro atoms. The van der Waals surface area contributed by atoms with Crippen LogP contribution in [-0.4, -0.2) is 10.5 Å². The summed E-state index contributed by atoms with van der Waals surface area (Å²) in [6.45, 7) is 6.42. The smallest absolute Gasteiger partial charge is 0.0481 e. The molecule has 0 atom stereocenters. The van der Waals surface area contributed by atoms with Crippen LogP contribution in [0.4, 0.5) is 0 Å². The van der Waals surface area contributed by atoms with Gasteiger partial charge in [-0.15, -0.1) is 0 Å². The van der Waals surface area contributed by atoms with E-state index in [0.717, 1.165) is 24.2 Å². The molecule has 0 bridgehead atoms. The predicted octanol–water partition coefficient (Wildman–Crippen LogP) is 2.16. The average Bonchev–Trinajstić information content (AvgIpc) is 2.85. The molecule has 0 amide bonds. The highest BCUT2D eigenvalue weighted by molar-refractivity contribution is 5.28. The molecule has 0 unspecified atom stereocenters. The van der Waals surface area contributed by atoms with Crippen LogP contribution in [-0.2, 0) is 5.41 Å². The van der Waals surface area contributed by atoms with Crippen LogP contribution in [0.3, 0.4) is 0 Å². The Morgan fingerprint density at radius 2 is 2.00 bits per heavy atom. The summed E-state index contributed by atoms with van der Waals surface area (Å²) < 4.78 is 0. The standard InChI is InChI=1S/C12H18N2/c1-9-5-4-6-10(14-9)11(2,3)12(13)7-8-12/h4-6H,7-8,13H2,1-3H3. The molecular formula is C12H18N2. The van der Waals surface area contributed by atoms with Crippen molar-refractivity contribution in [1.82, 2.24) is 4.98 Å². The summed E-state index contributed by atoms with van der Waals surface area (Å²) in [5.41, 5.74) is 8.44. The molecule has 0 saturated heterocycles. The first-order chi connectivity index (χ1) is 6.46. The van der Waals surface area contributed by atoms with E-state index in [2.05, 4.69) is 31.0 Å². The maximum absolute atomic E-state index is 6.27. The molecular weight excluding hydrogens is 172 g/mol. The molecule has 2 rings (SSSR count). The molecule has 14 heavy (non-hydrogen) atoms. The van der Waals surface area contributed by atoms with Crippen LogP contribution >= 0.6 is 0 Å². The maximum Gasteiger partial charge on any atom is 0.0481 e. The Labute approximate surface area is 85.5 Å². The molecule has 2 N–H and O–H groups in total. The van der Waals surface area contributed by atoms with Gasteiger partial charge in [0.15, 0.2) is 0 Å². The number of aromatic nitrogens is 1. The minimum Gasteiger partial charge on any atom is -0.324 e. The van der Waals surface area contributed by atoms with Crippen LogP contribution in [0.2, 0.25) is 0 Å². The molecule has 1 aliphatic carbocycles.